The van der Waals surface area contributed by atoms with Crippen LogP contribution in [0.15, 0.2) is 12.3 Å². The summed E-state index contributed by atoms with van der Waals surface area (Å²) in [4.78, 5) is 31.5. The third kappa shape index (κ3) is 4.63. The van der Waals surface area contributed by atoms with Crippen molar-refractivity contribution in [2.24, 2.45) is 7.05 Å². The van der Waals surface area contributed by atoms with E-state index in [1.807, 2.05) is 27.8 Å². The Morgan fingerprint density at radius 2 is 2.07 bits per heavy atom. The molecule has 2 rings (SSSR count). The monoisotopic (exact) mass is 390 g/mol. The molecule has 0 radical (unpaired) electrons. The van der Waals surface area contributed by atoms with E-state index in [0.29, 0.717) is 22.3 Å². The molecule has 0 saturated carbocycles. The van der Waals surface area contributed by atoms with Gasteiger partial charge in [0.25, 0.3) is 5.91 Å². The van der Waals surface area contributed by atoms with Crippen LogP contribution in [0.4, 0.5) is 5.13 Å². The predicted molar refractivity (Wildman–Crippen MR) is 107 cm³/mol. The zero-order valence-electron chi connectivity index (χ0n) is 16.6. The zero-order chi connectivity index (χ0) is 20.1. The lowest BCUT2D eigenvalue weighted by Gasteiger charge is -2.24. The van der Waals surface area contributed by atoms with E-state index in [-0.39, 0.29) is 11.9 Å². The Labute approximate surface area is 163 Å². The average molecular weight is 391 g/mol. The van der Waals surface area contributed by atoms with E-state index in [0.717, 1.165) is 17.7 Å². The molecule has 1 atom stereocenters. The van der Waals surface area contributed by atoms with Crippen molar-refractivity contribution >= 4 is 34.4 Å². The summed E-state index contributed by atoms with van der Waals surface area (Å²) in [5.41, 5.74) is 2.43. The number of esters is 1. The maximum Gasteiger partial charge on any atom is 0.350 e. The minimum Gasteiger partial charge on any atom is -0.462 e. The summed E-state index contributed by atoms with van der Waals surface area (Å²) in [6.45, 7) is 9.72. The maximum atomic E-state index is 12.9. The van der Waals surface area contributed by atoms with Gasteiger partial charge in [-0.3, -0.25) is 14.4 Å². The SMILES string of the molecule is CCOC(=O)c1sc(N(C(=O)C=Cc2cnn(C)c2C)C(C)CC)nc1C. The number of aromatic nitrogens is 3. The Bertz CT molecular complexity index is 853. The quantitative estimate of drug-likeness (QED) is 0.534. The first-order chi connectivity index (χ1) is 12.8. The number of hydrogen-bond donors (Lipinski definition) is 0. The number of rotatable bonds is 7. The summed E-state index contributed by atoms with van der Waals surface area (Å²) in [5.74, 6) is -0.589. The largest absolute Gasteiger partial charge is 0.462 e. The molecule has 1 amide bonds. The second-order valence-corrected chi connectivity index (χ2v) is 7.22. The lowest BCUT2D eigenvalue weighted by Crippen LogP contribution is -2.37. The van der Waals surface area contributed by atoms with Crippen molar-refractivity contribution in [1.29, 1.82) is 0 Å². The van der Waals surface area contributed by atoms with Gasteiger partial charge in [-0.2, -0.15) is 5.10 Å². The van der Waals surface area contributed by atoms with Gasteiger partial charge in [0.2, 0.25) is 0 Å². The summed E-state index contributed by atoms with van der Waals surface area (Å²) in [5, 5.41) is 4.68. The first kappa shape index (κ1) is 20.8. The lowest BCUT2D eigenvalue weighted by atomic mass is 10.2. The normalized spacial score (nSPS) is 12.4. The molecule has 146 valence electrons. The molecule has 0 aliphatic rings. The van der Waals surface area contributed by atoms with Crippen LogP contribution in [0.1, 0.15) is 53.8 Å². The number of thiazole rings is 1. The van der Waals surface area contributed by atoms with Gasteiger partial charge in [-0.05, 0) is 40.2 Å². The van der Waals surface area contributed by atoms with Crippen molar-refractivity contribution in [1.82, 2.24) is 14.8 Å². The van der Waals surface area contributed by atoms with Gasteiger partial charge in [-0.1, -0.05) is 18.3 Å². The molecule has 27 heavy (non-hydrogen) atoms. The molecule has 7 nitrogen and oxygen atoms in total. The molecule has 2 aromatic rings. The molecule has 0 aliphatic heterocycles. The summed E-state index contributed by atoms with van der Waals surface area (Å²) in [6, 6.07) is -0.0576. The highest BCUT2D eigenvalue weighted by Crippen LogP contribution is 2.29. The van der Waals surface area contributed by atoms with Crippen molar-refractivity contribution in [3.05, 3.63) is 34.1 Å². The zero-order valence-corrected chi connectivity index (χ0v) is 17.5. The lowest BCUT2D eigenvalue weighted by molar-refractivity contribution is -0.114. The molecule has 0 aliphatic carbocycles. The van der Waals surface area contributed by atoms with Crippen LogP contribution >= 0.6 is 11.3 Å². The Balaban J connectivity index is 2.32. The van der Waals surface area contributed by atoms with Crippen LogP contribution in [0.5, 0.6) is 0 Å². The number of ether oxygens (including phenoxy) is 1. The molecule has 8 heteroatoms. The second-order valence-electron chi connectivity index (χ2n) is 6.24. The van der Waals surface area contributed by atoms with Gasteiger partial charge in [0, 0.05) is 30.4 Å². The van der Waals surface area contributed by atoms with Gasteiger partial charge < -0.3 is 4.74 Å². The summed E-state index contributed by atoms with van der Waals surface area (Å²) < 4.78 is 6.83. The molecule has 2 aromatic heterocycles. The van der Waals surface area contributed by atoms with Gasteiger partial charge >= 0.3 is 5.97 Å². The number of aryl methyl sites for hydroxylation is 2. The number of nitrogens with zero attached hydrogens (tertiary/aromatic N) is 4. The topological polar surface area (TPSA) is 77.3 Å². The van der Waals surface area contributed by atoms with E-state index >= 15 is 0 Å². The third-order valence-corrected chi connectivity index (χ3v) is 5.54. The van der Waals surface area contributed by atoms with Gasteiger partial charge in [0.1, 0.15) is 4.88 Å². The van der Waals surface area contributed by atoms with Crippen molar-refractivity contribution in [2.75, 3.05) is 11.5 Å². The summed E-state index contributed by atoms with van der Waals surface area (Å²) in [6.07, 6.45) is 5.77. The van der Waals surface area contributed by atoms with Crippen LogP contribution in [0.3, 0.4) is 0 Å². The van der Waals surface area contributed by atoms with Crippen molar-refractivity contribution < 1.29 is 14.3 Å². The van der Waals surface area contributed by atoms with Crippen molar-refractivity contribution in [2.45, 2.75) is 47.1 Å². The number of carbonyl (C=O) groups excluding carboxylic acids is 2. The van der Waals surface area contributed by atoms with E-state index in [1.165, 1.54) is 17.4 Å². The number of hydrogen-bond acceptors (Lipinski definition) is 6. The number of amides is 1. The predicted octanol–water partition coefficient (Wildman–Crippen LogP) is 3.52. The van der Waals surface area contributed by atoms with Crippen molar-refractivity contribution in [3.63, 3.8) is 0 Å². The first-order valence-electron chi connectivity index (χ1n) is 8.94. The highest BCUT2D eigenvalue weighted by Gasteiger charge is 2.25. The van der Waals surface area contributed by atoms with Crippen molar-refractivity contribution in [3.8, 4) is 0 Å². The number of carbonyl (C=O) groups is 2. The van der Waals surface area contributed by atoms with Crippen LogP contribution < -0.4 is 4.90 Å². The summed E-state index contributed by atoms with van der Waals surface area (Å²) >= 11 is 1.19. The Morgan fingerprint density at radius 1 is 1.37 bits per heavy atom. The van der Waals surface area contributed by atoms with Gasteiger partial charge in [-0.15, -0.1) is 0 Å². The molecule has 0 N–H and O–H groups in total. The van der Waals surface area contributed by atoms with E-state index in [4.69, 9.17) is 4.74 Å². The van der Waals surface area contributed by atoms with Crippen LogP contribution in [0.25, 0.3) is 6.08 Å². The van der Waals surface area contributed by atoms with Gasteiger partial charge in [0.15, 0.2) is 5.13 Å². The minimum atomic E-state index is -0.406. The Morgan fingerprint density at radius 3 is 2.63 bits per heavy atom. The van der Waals surface area contributed by atoms with E-state index < -0.39 is 5.97 Å². The molecule has 2 heterocycles. The fourth-order valence-electron chi connectivity index (χ4n) is 2.47. The van der Waals surface area contributed by atoms with Crippen LogP contribution in [-0.2, 0) is 16.6 Å². The van der Waals surface area contributed by atoms with Crippen LogP contribution in [0, 0.1) is 13.8 Å². The standard InChI is InChI=1S/C19H26N4O3S/c1-7-12(3)23(16(24)10-9-15-11-20-22(6)14(15)5)19-21-13(4)17(27-19)18(25)26-8-2/h9-12H,7-8H2,1-6H3. The number of anilines is 1. The first-order valence-corrected chi connectivity index (χ1v) is 9.76. The average Bonchev–Trinajstić information content (AvgIpc) is 3.16. The third-order valence-electron chi connectivity index (χ3n) is 4.40. The molecular weight excluding hydrogens is 364 g/mol. The fourth-order valence-corrected chi connectivity index (χ4v) is 3.54. The van der Waals surface area contributed by atoms with E-state index in [9.17, 15) is 9.59 Å². The van der Waals surface area contributed by atoms with Crippen LogP contribution in [-0.4, -0.2) is 39.3 Å². The summed E-state index contributed by atoms with van der Waals surface area (Å²) in [7, 11) is 1.86. The Hall–Kier alpha value is -2.48. The molecule has 1 unspecified atom stereocenters. The molecule has 0 spiro atoms. The fraction of sp³-hybridized carbons (Fsp3) is 0.474. The van der Waals surface area contributed by atoms with E-state index in [1.54, 1.807) is 35.7 Å². The highest BCUT2D eigenvalue weighted by atomic mass is 32.1. The maximum absolute atomic E-state index is 12.9. The molecule has 0 bridgehead atoms. The second kappa shape index (κ2) is 8.94. The Kier molecular flexibility index (Phi) is 6.90. The smallest absolute Gasteiger partial charge is 0.350 e. The minimum absolute atomic E-state index is 0.0576. The highest BCUT2D eigenvalue weighted by molar-refractivity contribution is 7.17. The molecule has 0 aromatic carbocycles. The molecule has 0 saturated heterocycles. The van der Waals surface area contributed by atoms with Crippen LogP contribution in [0.2, 0.25) is 0 Å². The van der Waals surface area contributed by atoms with Gasteiger partial charge in [-0.25, -0.2) is 9.78 Å². The van der Waals surface area contributed by atoms with Gasteiger partial charge in [0.05, 0.1) is 18.5 Å². The molecular formula is C19H26N4O3S. The molecule has 0 fully saturated rings. The van der Waals surface area contributed by atoms with E-state index in [2.05, 4.69) is 10.1 Å².